The molecule has 1 saturated heterocycles. The minimum atomic E-state index is 0.467. The topological polar surface area (TPSA) is 12.0 Å². The van der Waals surface area contributed by atoms with E-state index in [4.69, 9.17) is 0 Å². The second-order valence-corrected chi connectivity index (χ2v) is 6.59. The van der Waals surface area contributed by atoms with Crippen LogP contribution >= 0.6 is 11.8 Å². The lowest BCUT2D eigenvalue weighted by atomic mass is 10.0. The lowest BCUT2D eigenvalue weighted by Gasteiger charge is -2.18. The van der Waals surface area contributed by atoms with Crippen molar-refractivity contribution in [3.8, 4) is 0 Å². The third-order valence-corrected chi connectivity index (χ3v) is 4.82. The Bertz CT molecular complexity index is 349. The fourth-order valence-electron chi connectivity index (χ4n) is 2.49. The van der Waals surface area contributed by atoms with Crippen molar-refractivity contribution in [1.82, 2.24) is 5.32 Å². The molecule has 1 aromatic rings. The quantitative estimate of drug-likeness (QED) is 0.870. The van der Waals surface area contributed by atoms with Gasteiger partial charge in [-0.2, -0.15) is 11.8 Å². The van der Waals surface area contributed by atoms with Crippen LogP contribution in [0.1, 0.15) is 42.5 Å². The molecule has 1 aliphatic heterocycles. The summed E-state index contributed by atoms with van der Waals surface area (Å²) in [7, 11) is 0. The first-order chi connectivity index (χ1) is 8.15. The second-order valence-electron chi connectivity index (χ2n) is 5.19. The van der Waals surface area contributed by atoms with Gasteiger partial charge in [0.2, 0.25) is 0 Å². The van der Waals surface area contributed by atoms with Gasteiger partial charge < -0.3 is 5.32 Å². The van der Waals surface area contributed by atoms with Crippen molar-refractivity contribution < 1.29 is 0 Å². The Hall–Kier alpha value is -0.470. The van der Waals surface area contributed by atoms with Gasteiger partial charge in [0, 0.05) is 17.8 Å². The monoisotopic (exact) mass is 249 g/mol. The van der Waals surface area contributed by atoms with Crippen LogP contribution in [0.4, 0.5) is 0 Å². The molecular weight excluding hydrogens is 226 g/mol. The summed E-state index contributed by atoms with van der Waals surface area (Å²) in [6.07, 6.45) is 2.78. The van der Waals surface area contributed by atoms with E-state index in [0.29, 0.717) is 6.04 Å². The number of thioether (sulfide) groups is 1. The first kappa shape index (κ1) is 13.0. The van der Waals surface area contributed by atoms with Gasteiger partial charge in [0.05, 0.1) is 0 Å². The zero-order valence-corrected chi connectivity index (χ0v) is 11.9. The number of rotatable bonds is 4. The first-order valence-corrected chi connectivity index (χ1v) is 7.63. The van der Waals surface area contributed by atoms with E-state index in [1.165, 1.54) is 35.3 Å². The largest absolute Gasteiger partial charge is 0.309 e. The van der Waals surface area contributed by atoms with E-state index in [9.17, 15) is 0 Å². The molecule has 1 aliphatic rings. The highest BCUT2D eigenvalue weighted by Crippen LogP contribution is 2.26. The van der Waals surface area contributed by atoms with Crippen LogP contribution in [0.2, 0.25) is 0 Å². The summed E-state index contributed by atoms with van der Waals surface area (Å²) in [5.41, 5.74) is 4.15. The minimum Gasteiger partial charge on any atom is -0.309 e. The summed E-state index contributed by atoms with van der Waals surface area (Å²) in [5.74, 6) is 1.35. The highest BCUT2D eigenvalue weighted by atomic mass is 32.2. The van der Waals surface area contributed by atoms with Gasteiger partial charge in [-0.3, -0.25) is 0 Å². The van der Waals surface area contributed by atoms with Crippen molar-refractivity contribution in [3.63, 3.8) is 0 Å². The zero-order valence-electron chi connectivity index (χ0n) is 11.1. The minimum absolute atomic E-state index is 0.467. The van der Waals surface area contributed by atoms with Crippen LogP contribution in [0.5, 0.6) is 0 Å². The molecular formula is C15H23NS. The van der Waals surface area contributed by atoms with Crippen molar-refractivity contribution in [1.29, 1.82) is 0 Å². The van der Waals surface area contributed by atoms with E-state index < -0.39 is 0 Å². The summed E-state index contributed by atoms with van der Waals surface area (Å²) in [6, 6.07) is 7.30. The predicted octanol–water partition coefficient (Wildman–Crippen LogP) is 3.85. The summed E-state index contributed by atoms with van der Waals surface area (Å²) < 4.78 is 0. The Morgan fingerprint density at radius 1 is 1.29 bits per heavy atom. The van der Waals surface area contributed by atoms with Crippen molar-refractivity contribution in [2.75, 3.05) is 12.3 Å². The van der Waals surface area contributed by atoms with Gasteiger partial charge >= 0.3 is 0 Å². The van der Waals surface area contributed by atoms with Crippen LogP contribution in [0.3, 0.4) is 0 Å². The molecule has 0 aliphatic carbocycles. The molecule has 1 heterocycles. The lowest BCUT2D eigenvalue weighted by molar-refractivity contribution is 0.559. The van der Waals surface area contributed by atoms with Crippen molar-refractivity contribution >= 4 is 11.8 Å². The third-order valence-electron chi connectivity index (χ3n) is 3.42. The molecule has 0 aromatic heterocycles. The molecule has 94 valence electrons. The van der Waals surface area contributed by atoms with E-state index in [1.807, 2.05) is 0 Å². The van der Waals surface area contributed by atoms with Crippen molar-refractivity contribution in [2.24, 2.45) is 0 Å². The standard InChI is InChI=1S/C15H23NS/c1-11-7-12(2)9-14(8-11)13(3)16-10-15-5-4-6-17-15/h7-9,13,15-16H,4-6,10H2,1-3H3. The van der Waals surface area contributed by atoms with Crippen LogP contribution < -0.4 is 5.32 Å². The molecule has 2 atom stereocenters. The van der Waals surface area contributed by atoms with Crippen LogP contribution in [-0.4, -0.2) is 17.5 Å². The van der Waals surface area contributed by atoms with Gasteiger partial charge in [-0.05, 0) is 44.9 Å². The van der Waals surface area contributed by atoms with Gasteiger partial charge in [-0.25, -0.2) is 0 Å². The normalized spacial score (nSPS) is 21.7. The molecule has 17 heavy (non-hydrogen) atoms. The summed E-state index contributed by atoms with van der Waals surface area (Å²) in [6.45, 7) is 7.78. The SMILES string of the molecule is Cc1cc(C)cc(C(C)NCC2CCCS2)c1. The Morgan fingerprint density at radius 3 is 2.59 bits per heavy atom. The average Bonchev–Trinajstić information content (AvgIpc) is 2.77. The molecule has 0 spiro atoms. The predicted molar refractivity (Wildman–Crippen MR) is 77.8 cm³/mol. The van der Waals surface area contributed by atoms with Gasteiger partial charge in [-0.15, -0.1) is 0 Å². The zero-order chi connectivity index (χ0) is 12.3. The molecule has 2 heteroatoms. The fraction of sp³-hybridized carbons (Fsp3) is 0.600. The van der Waals surface area contributed by atoms with Crippen molar-refractivity contribution in [2.45, 2.75) is 44.9 Å². The summed E-state index contributed by atoms with van der Waals surface area (Å²) in [5, 5.41) is 4.51. The highest BCUT2D eigenvalue weighted by Gasteiger charge is 2.16. The summed E-state index contributed by atoms with van der Waals surface area (Å²) >= 11 is 2.12. The Balaban J connectivity index is 1.91. The van der Waals surface area contributed by atoms with Gasteiger partial charge in [0.15, 0.2) is 0 Å². The number of nitrogens with one attached hydrogen (secondary N) is 1. The number of benzene rings is 1. The molecule has 0 saturated carbocycles. The number of aryl methyl sites for hydroxylation is 2. The third kappa shape index (κ3) is 3.75. The molecule has 1 nitrogen and oxygen atoms in total. The first-order valence-electron chi connectivity index (χ1n) is 6.58. The molecule has 2 unspecified atom stereocenters. The van der Waals surface area contributed by atoms with E-state index in [-0.39, 0.29) is 0 Å². The van der Waals surface area contributed by atoms with E-state index in [1.54, 1.807) is 0 Å². The number of hydrogen-bond acceptors (Lipinski definition) is 2. The molecule has 2 rings (SSSR count). The van der Waals surface area contributed by atoms with Crippen molar-refractivity contribution in [3.05, 3.63) is 34.9 Å². The fourth-order valence-corrected chi connectivity index (χ4v) is 3.71. The molecule has 1 fully saturated rings. The maximum Gasteiger partial charge on any atom is 0.0292 e. The molecule has 1 aromatic carbocycles. The maximum absolute atomic E-state index is 3.67. The lowest BCUT2D eigenvalue weighted by Crippen LogP contribution is -2.26. The van der Waals surface area contributed by atoms with Gasteiger partial charge in [0.1, 0.15) is 0 Å². The van der Waals surface area contributed by atoms with Crippen LogP contribution in [0, 0.1) is 13.8 Å². The second kappa shape index (κ2) is 5.92. The van der Waals surface area contributed by atoms with E-state index >= 15 is 0 Å². The van der Waals surface area contributed by atoms with Crippen LogP contribution in [0.25, 0.3) is 0 Å². The molecule has 1 N–H and O–H groups in total. The van der Waals surface area contributed by atoms with E-state index in [0.717, 1.165) is 11.8 Å². The molecule has 0 amide bonds. The van der Waals surface area contributed by atoms with Crippen LogP contribution in [0.15, 0.2) is 18.2 Å². The average molecular weight is 249 g/mol. The smallest absolute Gasteiger partial charge is 0.0292 e. The Morgan fingerprint density at radius 2 is 2.00 bits per heavy atom. The Kier molecular flexibility index (Phi) is 4.52. The molecule has 0 bridgehead atoms. The Labute approximate surface area is 109 Å². The van der Waals surface area contributed by atoms with E-state index in [2.05, 4.69) is 56.0 Å². The van der Waals surface area contributed by atoms with Crippen LogP contribution in [-0.2, 0) is 0 Å². The number of hydrogen-bond donors (Lipinski definition) is 1. The van der Waals surface area contributed by atoms with Gasteiger partial charge in [-0.1, -0.05) is 29.3 Å². The molecule has 0 radical (unpaired) electrons. The van der Waals surface area contributed by atoms with Gasteiger partial charge in [0.25, 0.3) is 0 Å². The maximum atomic E-state index is 3.67. The summed E-state index contributed by atoms with van der Waals surface area (Å²) in [4.78, 5) is 0. The highest BCUT2D eigenvalue weighted by molar-refractivity contribution is 8.00.